The summed E-state index contributed by atoms with van der Waals surface area (Å²) in [6, 6.07) is 12.8. The summed E-state index contributed by atoms with van der Waals surface area (Å²) in [6.07, 6.45) is 3.14. The van der Waals surface area contributed by atoms with Gasteiger partial charge in [0.25, 0.3) is 5.91 Å². The van der Waals surface area contributed by atoms with Crippen LogP contribution in [0.5, 0.6) is 5.75 Å². The second kappa shape index (κ2) is 9.25. The molecule has 0 aliphatic carbocycles. The number of anilines is 2. The van der Waals surface area contributed by atoms with E-state index in [9.17, 15) is 14.4 Å². The first-order valence-corrected chi connectivity index (χ1v) is 11.6. The van der Waals surface area contributed by atoms with Crippen LogP contribution in [0.1, 0.15) is 61.9 Å². The van der Waals surface area contributed by atoms with Gasteiger partial charge in [0.15, 0.2) is 0 Å². The van der Waals surface area contributed by atoms with E-state index in [1.54, 1.807) is 21.9 Å². The molecule has 3 amide bonds. The average molecular weight is 450 g/mol. The van der Waals surface area contributed by atoms with Crippen LogP contribution in [0.2, 0.25) is 0 Å². The molecule has 7 heteroatoms. The summed E-state index contributed by atoms with van der Waals surface area (Å²) in [5, 5.41) is 2.95. The van der Waals surface area contributed by atoms with Gasteiger partial charge in [-0.2, -0.15) is 0 Å². The van der Waals surface area contributed by atoms with E-state index in [0.717, 1.165) is 29.8 Å². The Bertz CT molecular complexity index is 1080. The number of carbonyl (C=O) groups excluding carboxylic acids is 3. The van der Waals surface area contributed by atoms with Crippen molar-refractivity contribution in [3.63, 3.8) is 0 Å². The van der Waals surface area contributed by atoms with E-state index in [4.69, 9.17) is 4.74 Å². The lowest BCUT2D eigenvalue weighted by molar-refractivity contribution is -0.117. The minimum Gasteiger partial charge on any atom is -0.494 e. The number of ether oxygens (including phenoxy) is 1. The van der Waals surface area contributed by atoms with Crippen molar-refractivity contribution in [3.05, 3.63) is 53.6 Å². The minimum atomic E-state index is -0.754. The Morgan fingerprint density at radius 1 is 1.18 bits per heavy atom. The van der Waals surface area contributed by atoms with Gasteiger partial charge in [-0.05, 0) is 62.6 Å². The van der Waals surface area contributed by atoms with Gasteiger partial charge in [0.05, 0.1) is 17.9 Å². The Labute approximate surface area is 194 Å². The third-order valence-corrected chi connectivity index (χ3v) is 6.55. The van der Waals surface area contributed by atoms with Crippen LogP contribution in [0.4, 0.5) is 11.4 Å². The first-order chi connectivity index (χ1) is 15.8. The predicted octanol–water partition coefficient (Wildman–Crippen LogP) is 4.50. The van der Waals surface area contributed by atoms with Crippen molar-refractivity contribution in [3.8, 4) is 5.75 Å². The Balaban J connectivity index is 1.44. The smallest absolute Gasteiger partial charge is 0.257 e. The Morgan fingerprint density at radius 3 is 2.73 bits per heavy atom. The summed E-state index contributed by atoms with van der Waals surface area (Å²) in [5.74, 6) is 0.472. The van der Waals surface area contributed by atoms with Gasteiger partial charge < -0.3 is 15.0 Å². The van der Waals surface area contributed by atoms with Crippen molar-refractivity contribution in [1.29, 1.82) is 0 Å². The first kappa shape index (κ1) is 22.8. The highest BCUT2D eigenvalue weighted by atomic mass is 16.5. The Morgan fingerprint density at radius 2 is 1.97 bits per heavy atom. The molecule has 0 aromatic heterocycles. The zero-order valence-corrected chi connectivity index (χ0v) is 19.5. The number of aryl methyl sites for hydroxylation is 1. The van der Waals surface area contributed by atoms with E-state index in [0.29, 0.717) is 30.7 Å². The molecule has 1 fully saturated rings. The molecule has 1 saturated heterocycles. The Kier molecular flexibility index (Phi) is 6.40. The van der Waals surface area contributed by atoms with Crippen LogP contribution in [0.3, 0.4) is 0 Å². The molecule has 1 atom stereocenters. The molecule has 0 spiro atoms. The van der Waals surface area contributed by atoms with Crippen LogP contribution in [-0.2, 0) is 9.59 Å². The molecule has 2 aliphatic rings. The van der Waals surface area contributed by atoms with Crippen molar-refractivity contribution < 1.29 is 19.1 Å². The number of hydrogen-bond acceptors (Lipinski definition) is 4. The number of hydrogen-bond donors (Lipinski definition) is 1. The molecule has 1 unspecified atom stereocenters. The number of unbranched alkanes of at least 4 members (excludes halogenated alkanes) is 1. The number of nitrogens with zero attached hydrogens (tertiary/aromatic N) is 2. The summed E-state index contributed by atoms with van der Waals surface area (Å²) in [5.41, 5.74) is 2.04. The van der Waals surface area contributed by atoms with E-state index in [2.05, 4.69) is 12.2 Å². The fourth-order valence-corrected chi connectivity index (χ4v) is 4.67. The Hall–Kier alpha value is -3.35. The molecule has 1 N–H and O–H groups in total. The molecule has 4 rings (SSSR count). The van der Waals surface area contributed by atoms with E-state index < -0.39 is 5.66 Å². The molecule has 2 aromatic carbocycles. The van der Waals surface area contributed by atoms with Crippen molar-refractivity contribution in [1.82, 2.24) is 4.90 Å². The van der Waals surface area contributed by atoms with E-state index in [-0.39, 0.29) is 30.7 Å². The normalized spacial score (nSPS) is 19.4. The predicted molar refractivity (Wildman–Crippen MR) is 127 cm³/mol. The lowest BCUT2D eigenvalue weighted by Gasteiger charge is -2.48. The zero-order chi connectivity index (χ0) is 23.6. The highest BCUT2D eigenvalue weighted by molar-refractivity contribution is 6.10. The molecule has 174 valence electrons. The molecular formula is C26H31N3O4. The van der Waals surface area contributed by atoms with Crippen LogP contribution < -0.4 is 15.0 Å². The number of amides is 3. The maximum Gasteiger partial charge on any atom is 0.257 e. The molecule has 0 radical (unpaired) electrons. The summed E-state index contributed by atoms with van der Waals surface area (Å²) >= 11 is 0. The third kappa shape index (κ3) is 4.32. The van der Waals surface area contributed by atoms with Gasteiger partial charge in [-0.1, -0.05) is 25.5 Å². The van der Waals surface area contributed by atoms with Gasteiger partial charge in [-0.3, -0.25) is 19.3 Å². The summed E-state index contributed by atoms with van der Waals surface area (Å²) in [6.45, 7) is 6.86. The number of fused-ring (bicyclic) bond motifs is 3. The number of rotatable bonds is 8. The van der Waals surface area contributed by atoms with E-state index >= 15 is 0 Å². The van der Waals surface area contributed by atoms with Gasteiger partial charge in [0, 0.05) is 25.1 Å². The lowest BCUT2D eigenvalue weighted by Crippen LogP contribution is -2.62. The van der Waals surface area contributed by atoms with E-state index in [1.165, 1.54) is 0 Å². The molecule has 0 bridgehead atoms. The van der Waals surface area contributed by atoms with Crippen molar-refractivity contribution in [2.45, 2.75) is 58.5 Å². The maximum atomic E-state index is 13.3. The quantitative estimate of drug-likeness (QED) is 0.602. The standard InChI is InChI=1S/C26H31N3O4/c1-4-5-16-33-19-10-11-21(18(2)17-19)27-23(30)13-15-28-25(32)20-8-6-7-9-22(20)29-24(31)12-14-26(28,29)3/h6-11,17H,4-5,12-16H2,1-3H3,(H,27,30). The SMILES string of the molecule is CCCCOc1ccc(NC(=O)CCN2C(=O)c3ccccc3N3C(=O)CCC23C)c(C)c1. The van der Waals surface area contributed by atoms with Crippen LogP contribution in [0.15, 0.2) is 42.5 Å². The summed E-state index contributed by atoms with van der Waals surface area (Å²) < 4.78 is 5.73. The molecule has 0 saturated carbocycles. The topological polar surface area (TPSA) is 79.0 Å². The molecule has 2 heterocycles. The first-order valence-electron chi connectivity index (χ1n) is 11.6. The van der Waals surface area contributed by atoms with Gasteiger partial charge in [-0.15, -0.1) is 0 Å². The molecule has 33 heavy (non-hydrogen) atoms. The minimum absolute atomic E-state index is 0.00349. The van der Waals surface area contributed by atoms with Crippen molar-refractivity contribution in [2.24, 2.45) is 0 Å². The number of benzene rings is 2. The van der Waals surface area contributed by atoms with Crippen molar-refractivity contribution in [2.75, 3.05) is 23.4 Å². The lowest BCUT2D eigenvalue weighted by atomic mass is 9.98. The fraction of sp³-hybridized carbons (Fsp3) is 0.423. The second-order valence-corrected chi connectivity index (χ2v) is 8.90. The van der Waals surface area contributed by atoms with Crippen molar-refractivity contribution >= 4 is 29.1 Å². The highest BCUT2D eigenvalue weighted by Gasteiger charge is 2.52. The number of para-hydroxylation sites is 1. The molecular weight excluding hydrogens is 418 g/mol. The largest absolute Gasteiger partial charge is 0.494 e. The van der Waals surface area contributed by atoms with Crippen LogP contribution >= 0.6 is 0 Å². The molecule has 2 aromatic rings. The molecule has 7 nitrogen and oxygen atoms in total. The van der Waals surface area contributed by atoms with Crippen LogP contribution in [-0.4, -0.2) is 41.4 Å². The zero-order valence-electron chi connectivity index (χ0n) is 19.5. The van der Waals surface area contributed by atoms with Gasteiger partial charge in [0.1, 0.15) is 11.4 Å². The second-order valence-electron chi connectivity index (χ2n) is 8.90. The van der Waals surface area contributed by atoms with Crippen LogP contribution in [0, 0.1) is 6.92 Å². The number of carbonyl (C=O) groups is 3. The fourth-order valence-electron chi connectivity index (χ4n) is 4.67. The maximum absolute atomic E-state index is 13.3. The van der Waals surface area contributed by atoms with Crippen LogP contribution in [0.25, 0.3) is 0 Å². The molecule has 2 aliphatic heterocycles. The monoisotopic (exact) mass is 449 g/mol. The van der Waals surface area contributed by atoms with Gasteiger partial charge >= 0.3 is 0 Å². The third-order valence-electron chi connectivity index (χ3n) is 6.55. The van der Waals surface area contributed by atoms with Gasteiger partial charge in [0.2, 0.25) is 11.8 Å². The van der Waals surface area contributed by atoms with E-state index in [1.807, 2.05) is 44.2 Å². The van der Waals surface area contributed by atoms with Gasteiger partial charge in [-0.25, -0.2) is 0 Å². The number of nitrogens with one attached hydrogen (secondary N) is 1. The highest BCUT2D eigenvalue weighted by Crippen LogP contribution is 2.44. The summed E-state index contributed by atoms with van der Waals surface area (Å²) in [4.78, 5) is 42.1. The average Bonchev–Trinajstić information content (AvgIpc) is 3.10. The summed E-state index contributed by atoms with van der Waals surface area (Å²) in [7, 11) is 0.